The van der Waals surface area contributed by atoms with Gasteiger partial charge in [-0.3, -0.25) is 0 Å². The zero-order valence-corrected chi connectivity index (χ0v) is 11.0. The van der Waals surface area contributed by atoms with Gasteiger partial charge in [0.05, 0.1) is 5.52 Å². The quantitative estimate of drug-likeness (QED) is 0.575. The molecule has 4 rings (SSSR count). The fourth-order valence-corrected chi connectivity index (χ4v) is 2.18. The minimum absolute atomic E-state index is 0.403. The lowest BCUT2D eigenvalue weighted by molar-refractivity contribution is 0.474. The summed E-state index contributed by atoms with van der Waals surface area (Å²) in [6.45, 7) is 0.403. The maximum atomic E-state index is 5.68. The van der Waals surface area contributed by atoms with Crippen molar-refractivity contribution in [3.05, 3.63) is 60.5 Å². The summed E-state index contributed by atoms with van der Waals surface area (Å²) in [5.41, 5.74) is 2.69. The Bertz CT molecular complexity index is 881. The lowest BCUT2D eigenvalue weighted by atomic mass is 10.2. The third-order valence-electron chi connectivity index (χ3n) is 3.19. The first kappa shape index (κ1) is 11.8. The summed E-state index contributed by atoms with van der Waals surface area (Å²) in [6, 6.07) is 17.4. The van der Waals surface area contributed by atoms with Crippen LogP contribution < -0.4 is 0 Å². The van der Waals surface area contributed by atoms with Gasteiger partial charge in [0.2, 0.25) is 11.8 Å². The zero-order chi connectivity index (χ0) is 14.1. The highest BCUT2D eigenvalue weighted by Gasteiger charge is 2.11. The molecular formula is C15H11N5O. The summed E-state index contributed by atoms with van der Waals surface area (Å²) in [5.74, 6) is 1.01. The molecule has 0 atom stereocenters. The number of para-hydroxylation sites is 1. The highest BCUT2D eigenvalue weighted by Crippen LogP contribution is 2.18. The lowest BCUT2D eigenvalue weighted by Gasteiger charge is -1.97. The Morgan fingerprint density at radius 1 is 0.857 bits per heavy atom. The number of hydrogen-bond donors (Lipinski definition) is 0. The van der Waals surface area contributed by atoms with Crippen LogP contribution in [0.2, 0.25) is 0 Å². The van der Waals surface area contributed by atoms with Crippen LogP contribution in [0.25, 0.3) is 22.5 Å². The molecule has 0 spiro atoms. The molecule has 2 aromatic heterocycles. The maximum Gasteiger partial charge on any atom is 0.247 e. The first-order valence-corrected chi connectivity index (χ1v) is 6.56. The van der Waals surface area contributed by atoms with Gasteiger partial charge in [0, 0.05) is 5.56 Å². The van der Waals surface area contributed by atoms with Gasteiger partial charge in [-0.15, -0.1) is 15.3 Å². The number of aromatic nitrogens is 5. The van der Waals surface area contributed by atoms with Crippen molar-refractivity contribution in [3.8, 4) is 11.5 Å². The third-order valence-corrected chi connectivity index (χ3v) is 3.19. The van der Waals surface area contributed by atoms with Crippen molar-refractivity contribution < 1.29 is 4.42 Å². The molecule has 4 aromatic rings. The topological polar surface area (TPSA) is 69.6 Å². The Hall–Kier alpha value is -3.02. The van der Waals surface area contributed by atoms with Crippen molar-refractivity contribution in [1.29, 1.82) is 0 Å². The summed E-state index contributed by atoms with van der Waals surface area (Å²) >= 11 is 0. The van der Waals surface area contributed by atoms with Gasteiger partial charge in [-0.2, -0.15) is 0 Å². The molecule has 0 unspecified atom stereocenters. The van der Waals surface area contributed by atoms with Gasteiger partial charge in [-0.25, -0.2) is 4.68 Å². The fraction of sp³-hybridized carbons (Fsp3) is 0.0667. The summed E-state index contributed by atoms with van der Waals surface area (Å²) in [4.78, 5) is 0. The van der Waals surface area contributed by atoms with Crippen molar-refractivity contribution >= 4 is 11.0 Å². The van der Waals surface area contributed by atoms with Crippen LogP contribution in [-0.4, -0.2) is 25.2 Å². The van der Waals surface area contributed by atoms with Crippen LogP contribution in [0.3, 0.4) is 0 Å². The molecule has 6 heteroatoms. The van der Waals surface area contributed by atoms with Crippen LogP contribution in [0.1, 0.15) is 5.89 Å². The molecule has 0 saturated heterocycles. The lowest BCUT2D eigenvalue weighted by Crippen LogP contribution is -2.02. The fourth-order valence-electron chi connectivity index (χ4n) is 2.18. The third kappa shape index (κ3) is 2.16. The Kier molecular flexibility index (Phi) is 2.71. The number of nitrogens with zero attached hydrogens (tertiary/aromatic N) is 5. The summed E-state index contributed by atoms with van der Waals surface area (Å²) in [5, 5.41) is 16.4. The highest BCUT2D eigenvalue weighted by molar-refractivity contribution is 5.73. The van der Waals surface area contributed by atoms with E-state index in [9.17, 15) is 0 Å². The van der Waals surface area contributed by atoms with E-state index in [2.05, 4.69) is 20.5 Å². The van der Waals surface area contributed by atoms with Crippen LogP contribution in [0.5, 0.6) is 0 Å². The van der Waals surface area contributed by atoms with E-state index < -0.39 is 0 Å². The Morgan fingerprint density at radius 2 is 1.67 bits per heavy atom. The summed E-state index contributed by atoms with van der Waals surface area (Å²) in [6.07, 6.45) is 0. The van der Waals surface area contributed by atoms with E-state index in [-0.39, 0.29) is 0 Å². The number of benzene rings is 2. The first-order valence-electron chi connectivity index (χ1n) is 6.56. The van der Waals surface area contributed by atoms with Gasteiger partial charge in [-0.1, -0.05) is 35.5 Å². The summed E-state index contributed by atoms with van der Waals surface area (Å²) in [7, 11) is 0. The van der Waals surface area contributed by atoms with Crippen molar-refractivity contribution in [1.82, 2.24) is 25.2 Å². The normalized spacial score (nSPS) is 11.0. The van der Waals surface area contributed by atoms with E-state index >= 15 is 0 Å². The minimum atomic E-state index is 0.403. The molecule has 0 radical (unpaired) electrons. The van der Waals surface area contributed by atoms with Gasteiger partial charge in [0.1, 0.15) is 12.1 Å². The van der Waals surface area contributed by atoms with Crippen molar-refractivity contribution in [2.75, 3.05) is 0 Å². The van der Waals surface area contributed by atoms with Gasteiger partial charge < -0.3 is 4.42 Å². The van der Waals surface area contributed by atoms with E-state index in [0.29, 0.717) is 18.3 Å². The van der Waals surface area contributed by atoms with Crippen LogP contribution in [0, 0.1) is 0 Å². The molecule has 2 aromatic carbocycles. The smallest absolute Gasteiger partial charge is 0.247 e. The van der Waals surface area contributed by atoms with Gasteiger partial charge in [0.15, 0.2) is 0 Å². The number of rotatable bonds is 3. The monoisotopic (exact) mass is 277 g/mol. The molecule has 0 fully saturated rings. The average Bonchev–Trinajstić information content (AvgIpc) is 3.17. The largest absolute Gasteiger partial charge is 0.419 e. The van der Waals surface area contributed by atoms with Crippen LogP contribution in [0.15, 0.2) is 59.0 Å². The molecule has 0 bridgehead atoms. The molecule has 0 amide bonds. The summed E-state index contributed by atoms with van der Waals surface area (Å²) < 4.78 is 7.43. The molecule has 0 aliphatic heterocycles. The first-order chi connectivity index (χ1) is 10.4. The number of hydrogen-bond acceptors (Lipinski definition) is 5. The molecule has 6 nitrogen and oxygen atoms in total. The Labute approximate surface area is 120 Å². The molecule has 21 heavy (non-hydrogen) atoms. The molecule has 0 saturated carbocycles. The predicted molar refractivity (Wildman–Crippen MR) is 76.4 cm³/mol. The highest BCUT2D eigenvalue weighted by atomic mass is 16.4. The molecule has 102 valence electrons. The second kappa shape index (κ2) is 4.82. The van der Waals surface area contributed by atoms with Crippen LogP contribution in [0.4, 0.5) is 0 Å². The second-order valence-corrected chi connectivity index (χ2v) is 4.60. The van der Waals surface area contributed by atoms with E-state index in [0.717, 1.165) is 16.6 Å². The van der Waals surface area contributed by atoms with Gasteiger partial charge >= 0.3 is 0 Å². The van der Waals surface area contributed by atoms with E-state index in [1.54, 1.807) is 4.68 Å². The molecule has 2 heterocycles. The van der Waals surface area contributed by atoms with Crippen molar-refractivity contribution in [2.45, 2.75) is 6.54 Å². The van der Waals surface area contributed by atoms with Crippen molar-refractivity contribution in [2.24, 2.45) is 0 Å². The standard InChI is InChI=1S/C15H11N5O/c1-2-6-11(7-3-1)15-18-17-14(21-15)10-20-13-9-5-4-8-12(13)16-19-20/h1-9H,10H2. The van der Waals surface area contributed by atoms with E-state index in [1.807, 2.05) is 54.6 Å². The van der Waals surface area contributed by atoms with Crippen LogP contribution in [-0.2, 0) is 6.54 Å². The van der Waals surface area contributed by atoms with Gasteiger partial charge in [-0.05, 0) is 24.3 Å². The minimum Gasteiger partial charge on any atom is -0.419 e. The second-order valence-electron chi connectivity index (χ2n) is 4.60. The van der Waals surface area contributed by atoms with Crippen LogP contribution >= 0.6 is 0 Å². The number of fused-ring (bicyclic) bond motifs is 1. The van der Waals surface area contributed by atoms with Crippen molar-refractivity contribution in [3.63, 3.8) is 0 Å². The maximum absolute atomic E-state index is 5.68. The van der Waals surface area contributed by atoms with E-state index in [1.165, 1.54) is 0 Å². The molecule has 0 aliphatic carbocycles. The molecular weight excluding hydrogens is 266 g/mol. The Morgan fingerprint density at radius 3 is 2.57 bits per heavy atom. The average molecular weight is 277 g/mol. The van der Waals surface area contributed by atoms with Gasteiger partial charge in [0.25, 0.3) is 0 Å². The molecule has 0 aliphatic rings. The van der Waals surface area contributed by atoms with E-state index in [4.69, 9.17) is 4.42 Å². The Balaban J connectivity index is 1.65. The molecule has 0 N–H and O–H groups in total. The zero-order valence-electron chi connectivity index (χ0n) is 11.0. The SMILES string of the molecule is c1ccc(-c2nnc(Cn3nnc4ccccc43)o2)cc1. The predicted octanol–water partition coefficient (Wildman–Crippen LogP) is 2.53.